The van der Waals surface area contributed by atoms with E-state index in [1.54, 1.807) is 0 Å². The van der Waals surface area contributed by atoms with Gasteiger partial charge in [0.2, 0.25) is 0 Å². The van der Waals surface area contributed by atoms with Crippen molar-refractivity contribution in [2.75, 3.05) is 0 Å². The van der Waals surface area contributed by atoms with Gasteiger partial charge in [0.05, 0.1) is 0 Å². The number of hydrogen-bond donors (Lipinski definition) is 0. The quantitative estimate of drug-likeness (QED) is 0.254. The van der Waals surface area contributed by atoms with Crippen molar-refractivity contribution in [3.05, 3.63) is 150 Å². The molecule has 1 aromatic carbocycles. The summed E-state index contributed by atoms with van der Waals surface area (Å²) in [6.45, 7) is 7.31. The molecule has 0 amide bonds. The summed E-state index contributed by atoms with van der Waals surface area (Å²) in [4.78, 5) is 9.71. The fraction of sp³-hybridized carbons (Fsp3) is 0.156. The Labute approximate surface area is 241 Å². The molecule has 2 aliphatic carbocycles. The molecule has 5 rings (SSSR count). The van der Waals surface area contributed by atoms with Crippen LogP contribution in [0.25, 0.3) is 5.57 Å². The molecule has 0 fully saturated rings. The number of hydrogen-bond acceptors (Lipinski definition) is 2. The van der Waals surface area contributed by atoms with Crippen LogP contribution in [0.3, 0.4) is 0 Å². The summed E-state index contributed by atoms with van der Waals surface area (Å²) < 4.78 is 1.15. The van der Waals surface area contributed by atoms with Crippen LogP contribution >= 0.6 is 17.0 Å². The second kappa shape index (κ2) is 11.5. The Kier molecular flexibility index (Phi) is 8.26. The Balaban J connectivity index is 1.91. The molecule has 0 saturated carbocycles. The number of nitrogens with zero attached hydrogens (tertiary/aromatic N) is 2. The van der Waals surface area contributed by atoms with E-state index in [9.17, 15) is 0 Å². The molecule has 38 heavy (non-hydrogen) atoms. The molecule has 2 heterocycles. The predicted molar refractivity (Wildman–Crippen MR) is 162 cm³/mol. The average molecular weight is 633 g/mol. The molecule has 0 spiro atoms. The van der Waals surface area contributed by atoms with E-state index in [0.717, 1.165) is 25.7 Å². The molecule has 0 bridgehead atoms. The van der Waals surface area contributed by atoms with Crippen LogP contribution in [-0.2, 0) is 18.9 Å². The number of aromatic nitrogens is 2. The summed E-state index contributed by atoms with van der Waals surface area (Å²) in [7, 11) is 12.2. The van der Waals surface area contributed by atoms with Gasteiger partial charge in [-0.1, -0.05) is 0 Å². The maximum absolute atomic E-state index is 7.00. The van der Waals surface area contributed by atoms with Crippen LogP contribution in [-0.4, -0.2) is 21.2 Å². The van der Waals surface area contributed by atoms with Crippen molar-refractivity contribution in [1.82, 2.24) is 9.97 Å². The first-order valence-electron chi connectivity index (χ1n) is 12.8. The van der Waals surface area contributed by atoms with Gasteiger partial charge in [0.25, 0.3) is 0 Å². The predicted octanol–water partition coefficient (Wildman–Crippen LogP) is 8.74. The van der Waals surface area contributed by atoms with E-state index in [1.165, 1.54) is 11.1 Å². The zero-order valence-electron chi connectivity index (χ0n) is 21.8. The van der Waals surface area contributed by atoms with Crippen LogP contribution < -0.4 is 0 Å². The van der Waals surface area contributed by atoms with Crippen molar-refractivity contribution in [2.45, 2.75) is 24.7 Å². The monoisotopic (exact) mass is 630 g/mol. The Bertz CT molecular complexity index is 1440. The molecular formula is C32H30Cl2N2SiZr. The summed E-state index contributed by atoms with van der Waals surface area (Å²) in [6, 6.07) is 22.6. The van der Waals surface area contributed by atoms with Gasteiger partial charge in [0.15, 0.2) is 0 Å². The summed E-state index contributed by atoms with van der Waals surface area (Å²) >= 11 is -2.96. The molecule has 2 aromatic heterocycles. The van der Waals surface area contributed by atoms with Crippen LogP contribution in [0.5, 0.6) is 0 Å². The second-order valence-electron chi connectivity index (χ2n) is 10.5. The van der Waals surface area contributed by atoms with Crippen LogP contribution in [0, 0.1) is 5.92 Å². The first kappa shape index (κ1) is 27.3. The van der Waals surface area contributed by atoms with Crippen molar-refractivity contribution < 1.29 is 18.9 Å². The van der Waals surface area contributed by atoms with E-state index in [-0.39, 0.29) is 11.0 Å². The van der Waals surface area contributed by atoms with E-state index < -0.39 is 27.0 Å². The molecule has 0 aliphatic heterocycles. The van der Waals surface area contributed by atoms with Gasteiger partial charge in [0, 0.05) is 0 Å². The van der Waals surface area contributed by atoms with Gasteiger partial charge in [0.1, 0.15) is 0 Å². The van der Waals surface area contributed by atoms with E-state index in [4.69, 9.17) is 27.0 Å². The van der Waals surface area contributed by atoms with E-state index in [2.05, 4.69) is 98.6 Å². The van der Waals surface area contributed by atoms with Gasteiger partial charge >= 0.3 is 243 Å². The van der Waals surface area contributed by atoms with E-state index >= 15 is 0 Å². The zero-order valence-corrected chi connectivity index (χ0v) is 26.7. The number of allylic oxidation sites excluding steroid dienone is 9. The van der Waals surface area contributed by atoms with Crippen molar-refractivity contribution >= 4 is 33.9 Å². The van der Waals surface area contributed by atoms with Crippen LogP contribution in [0.2, 0.25) is 24.7 Å². The SMILES string of the molecule is C[Si](C)(C)C1(C2=CC=CC([C](c3ccccc3)=[Zr]([Cl])[Cl])C2=C(c2ccccn2)c2ccccn2)C=CC=C1. The second-order valence-corrected chi connectivity index (χ2v) is 24.1. The van der Waals surface area contributed by atoms with Gasteiger partial charge in [-0.15, -0.1) is 0 Å². The van der Waals surface area contributed by atoms with Crippen LogP contribution in [0.4, 0.5) is 0 Å². The molecule has 0 N–H and O–H groups in total. The minimum absolute atomic E-state index is 0.0866. The molecule has 190 valence electrons. The molecule has 0 saturated heterocycles. The maximum atomic E-state index is 7.00. The van der Waals surface area contributed by atoms with Gasteiger partial charge in [-0.25, -0.2) is 0 Å². The van der Waals surface area contributed by atoms with Crippen molar-refractivity contribution in [1.29, 1.82) is 0 Å². The van der Waals surface area contributed by atoms with Crippen LogP contribution in [0.1, 0.15) is 17.0 Å². The Morgan fingerprint density at radius 2 is 1.37 bits per heavy atom. The van der Waals surface area contributed by atoms with Gasteiger partial charge in [-0.3, -0.25) is 0 Å². The standard InChI is InChI=1S/C32H30N2Si.2ClH.Zr/c1-35(2,3)32(20-9-10-21-32)27-17-13-16-26(24-25-14-5-4-6-15-25)30(27)31(28-18-7-11-22-33-28)29-19-8-12-23-34-29;;;/h4-23,26H,1-3H3;2*1H;/q;;;+2/p-2. The molecular weight excluding hydrogens is 603 g/mol. The minimum atomic E-state index is -2.96. The number of halogens is 2. The zero-order chi connectivity index (χ0) is 26.8. The molecule has 2 aliphatic rings. The molecule has 2 nitrogen and oxygen atoms in total. The average Bonchev–Trinajstić information content (AvgIpc) is 3.43. The first-order valence-corrected chi connectivity index (χ1v) is 23.8. The first-order chi connectivity index (χ1) is 18.3. The van der Waals surface area contributed by atoms with Crippen molar-refractivity contribution in [3.8, 4) is 0 Å². The number of pyridine rings is 2. The third-order valence-electron chi connectivity index (χ3n) is 7.39. The topological polar surface area (TPSA) is 25.8 Å². The van der Waals surface area contributed by atoms with Gasteiger partial charge < -0.3 is 0 Å². The normalized spacial score (nSPS) is 17.9. The Morgan fingerprint density at radius 1 is 0.789 bits per heavy atom. The van der Waals surface area contributed by atoms with E-state index in [0.29, 0.717) is 0 Å². The molecule has 1 unspecified atom stereocenters. The Morgan fingerprint density at radius 3 is 1.87 bits per heavy atom. The number of benzene rings is 1. The fourth-order valence-electron chi connectivity index (χ4n) is 5.51. The summed E-state index contributed by atoms with van der Waals surface area (Å²) in [5.41, 5.74) is 6.41. The third-order valence-corrected chi connectivity index (χ3v) is 15.4. The molecule has 6 heteroatoms. The number of rotatable bonds is 6. The Hall–Kier alpha value is -2.23. The van der Waals surface area contributed by atoms with Crippen molar-refractivity contribution in [3.63, 3.8) is 0 Å². The summed E-state index contributed by atoms with van der Waals surface area (Å²) in [5.74, 6) is -0.0866. The van der Waals surface area contributed by atoms with E-state index in [1.807, 2.05) is 42.7 Å². The summed E-state index contributed by atoms with van der Waals surface area (Å²) in [6.07, 6.45) is 19.6. The van der Waals surface area contributed by atoms with Gasteiger partial charge in [-0.2, -0.15) is 0 Å². The fourth-order valence-corrected chi connectivity index (χ4v) is 12.5. The van der Waals surface area contributed by atoms with Crippen molar-refractivity contribution in [2.24, 2.45) is 5.92 Å². The third kappa shape index (κ3) is 5.17. The molecule has 1 atom stereocenters. The molecule has 3 aromatic rings. The van der Waals surface area contributed by atoms with Crippen LogP contribution in [0.15, 0.2) is 133 Å². The molecule has 0 radical (unpaired) electrons. The van der Waals surface area contributed by atoms with Gasteiger partial charge in [-0.05, 0) is 0 Å². The summed E-state index contributed by atoms with van der Waals surface area (Å²) in [5, 5.41) is -0.190.